The molecule has 0 bridgehead atoms. The average Bonchev–Trinajstić information content (AvgIpc) is 2.32. The standard InChI is InChI=1S/C12H13NO3/c1-16-8-2-3-11-10(6-8)9(4-5-14)12(15)7-13-11/h2-3,5-6,9,13H,4,7H2,1H3. The highest BCUT2D eigenvalue weighted by Gasteiger charge is 2.27. The van der Waals surface area contributed by atoms with Gasteiger partial charge in [-0.15, -0.1) is 0 Å². The fourth-order valence-corrected chi connectivity index (χ4v) is 1.95. The predicted molar refractivity (Wildman–Crippen MR) is 59.9 cm³/mol. The number of benzene rings is 1. The summed E-state index contributed by atoms with van der Waals surface area (Å²) in [5.41, 5.74) is 1.76. The molecule has 1 aromatic rings. The van der Waals surface area contributed by atoms with Gasteiger partial charge in [0.15, 0.2) is 5.78 Å². The minimum atomic E-state index is -0.330. The quantitative estimate of drug-likeness (QED) is 0.780. The van der Waals surface area contributed by atoms with Crippen LogP contribution in [0.3, 0.4) is 0 Å². The number of ketones is 1. The molecule has 1 atom stereocenters. The number of hydrogen-bond acceptors (Lipinski definition) is 4. The van der Waals surface area contributed by atoms with Gasteiger partial charge >= 0.3 is 0 Å². The highest BCUT2D eigenvalue weighted by atomic mass is 16.5. The third kappa shape index (κ3) is 1.78. The third-order valence-corrected chi connectivity index (χ3v) is 2.81. The van der Waals surface area contributed by atoms with Gasteiger partial charge in [0.25, 0.3) is 0 Å². The topological polar surface area (TPSA) is 55.4 Å². The average molecular weight is 219 g/mol. The van der Waals surface area contributed by atoms with E-state index in [9.17, 15) is 9.59 Å². The molecule has 84 valence electrons. The molecular formula is C12H13NO3. The van der Waals surface area contributed by atoms with Crippen molar-refractivity contribution in [1.82, 2.24) is 0 Å². The van der Waals surface area contributed by atoms with Crippen LogP contribution in [0, 0.1) is 0 Å². The second-order valence-corrected chi connectivity index (χ2v) is 3.73. The summed E-state index contributed by atoms with van der Waals surface area (Å²) >= 11 is 0. The van der Waals surface area contributed by atoms with Gasteiger partial charge in [0.05, 0.1) is 19.6 Å². The molecule has 0 aromatic heterocycles. The molecule has 2 rings (SSSR count). The summed E-state index contributed by atoms with van der Waals surface area (Å²) in [4.78, 5) is 22.3. The molecule has 1 N–H and O–H groups in total. The Morgan fingerprint density at radius 2 is 2.38 bits per heavy atom. The van der Waals surface area contributed by atoms with Gasteiger partial charge in [0.1, 0.15) is 12.0 Å². The molecule has 1 unspecified atom stereocenters. The van der Waals surface area contributed by atoms with E-state index >= 15 is 0 Å². The Labute approximate surface area is 93.6 Å². The van der Waals surface area contributed by atoms with Crippen LogP contribution in [0.2, 0.25) is 0 Å². The van der Waals surface area contributed by atoms with Gasteiger partial charge in [0.2, 0.25) is 0 Å². The van der Waals surface area contributed by atoms with E-state index in [0.717, 1.165) is 17.5 Å². The van der Waals surface area contributed by atoms with Crippen molar-refractivity contribution in [2.45, 2.75) is 12.3 Å². The van der Waals surface area contributed by atoms with E-state index in [4.69, 9.17) is 4.74 Å². The summed E-state index contributed by atoms with van der Waals surface area (Å²) in [6.07, 6.45) is 1.03. The van der Waals surface area contributed by atoms with Crippen LogP contribution >= 0.6 is 0 Å². The zero-order chi connectivity index (χ0) is 11.5. The van der Waals surface area contributed by atoms with Gasteiger partial charge in [-0.3, -0.25) is 4.79 Å². The maximum atomic E-state index is 11.7. The first-order valence-electron chi connectivity index (χ1n) is 5.14. The lowest BCUT2D eigenvalue weighted by Crippen LogP contribution is -2.28. The van der Waals surface area contributed by atoms with Crippen molar-refractivity contribution in [2.24, 2.45) is 0 Å². The fourth-order valence-electron chi connectivity index (χ4n) is 1.95. The molecular weight excluding hydrogens is 206 g/mol. The largest absolute Gasteiger partial charge is 0.497 e. The summed E-state index contributed by atoms with van der Waals surface area (Å²) in [5.74, 6) is 0.419. The van der Waals surface area contributed by atoms with Crippen LogP contribution in [0.5, 0.6) is 5.75 Å². The summed E-state index contributed by atoms with van der Waals surface area (Å²) in [6, 6.07) is 5.52. The van der Waals surface area contributed by atoms with Crippen LogP contribution in [-0.4, -0.2) is 25.7 Å². The number of fused-ring (bicyclic) bond motifs is 1. The minimum Gasteiger partial charge on any atom is -0.497 e. The van der Waals surface area contributed by atoms with Crippen LogP contribution in [0.1, 0.15) is 17.9 Å². The molecule has 0 spiro atoms. The fraction of sp³-hybridized carbons (Fsp3) is 0.333. The minimum absolute atomic E-state index is 0.0489. The first kappa shape index (κ1) is 10.7. The van der Waals surface area contributed by atoms with Crippen molar-refractivity contribution < 1.29 is 14.3 Å². The zero-order valence-electron chi connectivity index (χ0n) is 9.03. The number of carbonyl (C=O) groups excluding carboxylic acids is 2. The number of Topliss-reactive ketones (excluding diaryl/α,β-unsaturated/α-hetero) is 1. The van der Waals surface area contributed by atoms with Crippen LogP contribution in [0.15, 0.2) is 18.2 Å². The lowest BCUT2D eigenvalue weighted by atomic mass is 9.87. The Morgan fingerprint density at radius 1 is 1.56 bits per heavy atom. The summed E-state index contributed by atoms with van der Waals surface area (Å²) in [6.45, 7) is 0.290. The monoisotopic (exact) mass is 219 g/mol. The molecule has 4 heteroatoms. The molecule has 4 nitrogen and oxygen atoms in total. The Bertz CT molecular complexity index is 428. The molecule has 0 radical (unpaired) electrons. The van der Waals surface area contributed by atoms with Crippen molar-refractivity contribution in [1.29, 1.82) is 0 Å². The van der Waals surface area contributed by atoms with Crippen LogP contribution in [-0.2, 0) is 9.59 Å². The Kier molecular flexibility index (Phi) is 2.90. The van der Waals surface area contributed by atoms with Gasteiger partial charge in [0, 0.05) is 12.1 Å². The smallest absolute Gasteiger partial charge is 0.159 e. The van der Waals surface area contributed by atoms with Crippen molar-refractivity contribution in [2.75, 3.05) is 19.0 Å². The van der Waals surface area contributed by atoms with E-state index < -0.39 is 0 Å². The molecule has 0 saturated carbocycles. The number of nitrogens with one attached hydrogen (secondary N) is 1. The van der Waals surface area contributed by atoms with Gasteiger partial charge < -0.3 is 14.8 Å². The second kappa shape index (κ2) is 4.35. The van der Waals surface area contributed by atoms with Gasteiger partial charge in [-0.2, -0.15) is 0 Å². The highest BCUT2D eigenvalue weighted by Crippen LogP contribution is 2.33. The molecule has 1 aromatic carbocycles. The van der Waals surface area contributed by atoms with Crippen molar-refractivity contribution in [3.63, 3.8) is 0 Å². The Balaban J connectivity index is 2.43. The summed E-state index contributed by atoms with van der Waals surface area (Å²) in [7, 11) is 1.58. The van der Waals surface area contributed by atoms with Crippen molar-refractivity contribution in [3.05, 3.63) is 23.8 Å². The van der Waals surface area contributed by atoms with E-state index in [2.05, 4.69) is 5.32 Å². The maximum Gasteiger partial charge on any atom is 0.159 e. The van der Waals surface area contributed by atoms with Crippen LogP contribution in [0.4, 0.5) is 5.69 Å². The van der Waals surface area contributed by atoms with Gasteiger partial charge in [-0.25, -0.2) is 0 Å². The zero-order valence-corrected chi connectivity index (χ0v) is 9.03. The number of rotatable bonds is 3. The molecule has 1 aliphatic rings. The lowest BCUT2D eigenvalue weighted by molar-refractivity contribution is -0.121. The van der Waals surface area contributed by atoms with Gasteiger partial charge in [-0.05, 0) is 23.8 Å². The number of hydrogen-bond donors (Lipinski definition) is 1. The summed E-state index contributed by atoms with van der Waals surface area (Å²) < 4.78 is 5.11. The van der Waals surface area contributed by atoms with Crippen LogP contribution in [0.25, 0.3) is 0 Å². The molecule has 1 aliphatic heterocycles. The van der Waals surface area contributed by atoms with Crippen molar-refractivity contribution >= 4 is 17.8 Å². The third-order valence-electron chi connectivity index (χ3n) is 2.81. The molecule has 1 heterocycles. The first-order chi connectivity index (χ1) is 7.76. The van der Waals surface area contributed by atoms with Crippen molar-refractivity contribution in [3.8, 4) is 5.75 Å². The van der Waals surface area contributed by atoms with Crippen LogP contribution < -0.4 is 10.1 Å². The summed E-state index contributed by atoms with van der Waals surface area (Å²) in [5, 5.41) is 3.03. The lowest BCUT2D eigenvalue weighted by Gasteiger charge is -2.24. The number of anilines is 1. The van der Waals surface area contributed by atoms with E-state index in [1.54, 1.807) is 7.11 Å². The van der Waals surface area contributed by atoms with E-state index in [1.165, 1.54) is 0 Å². The molecule has 0 fully saturated rings. The predicted octanol–water partition coefficient (Wildman–Crippen LogP) is 1.36. The number of ether oxygens (including phenoxy) is 1. The first-order valence-corrected chi connectivity index (χ1v) is 5.14. The van der Waals surface area contributed by atoms with Gasteiger partial charge in [-0.1, -0.05) is 0 Å². The Morgan fingerprint density at radius 3 is 3.06 bits per heavy atom. The highest BCUT2D eigenvalue weighted by molar-refractivity contribution is 5.95. The molecule has 0 aliphatic carbocycles. The Hall–Kier alpha value is -1.84. The van der Waals surface area contributed by atoms with E-state index in [1.807, 2.05) is 18.2 Å². The number of methoxy groups -OCH3 is 1. The van der Waals surface area contributed by atoms with E-state index in [0.29, 0.717) is 5.75 Å². The SMILES string of the molecule is COc1ccc2c(c1)C(CC=O)C(=O)CN2. The normalized spacial score (nSPS) is 18.6. The maximum absolute atomic E-state index is 11.7. The second-order valence-electron chi connectivity index (χ2n) is 3.73. The van der Waals surface area contributed by atoms with E-state index in [-0.39, 0.29) is 24.7 Å². The number of carbonyl (C=O) groups is 2. The molecule has 16 heavy (non-hydrogen) atoms. The number of aldehydes is 1. The molecule has 0 amide bonds. The molecule has 0 saturated heterocycles.